The third kappa shape index (κ3) is 6.49. The van der Waals surface area contributed by atoms with Crippen molar-refractivity contribution in [2.75, 3.05) is 7.11 Å². The molecule has 0 heterocycles. The molecule has 1 rings (SSSR count). The van der Waals surface area contributed by atoms with Crippen molar-refractivity contribution in [1.29, 1.82) is 0 Å². The lowest BCUT2D eigenvalue weighted by molar-refractivity contribution is 0.409. The zero-order valence-corrected chi connectivity index (χ0v) is 11.3. The molecular weight excluding hydrogens is 196 g/mol. The first kappa shape index (κ1) is 15.0. The van der Waals surface area contributed by atoms with Crippen molar-refractivity contribution in [2.45, 2.75) is 52.9 Å². The van der Waals surface area contributed by atoms with Gasteiger partial charge in [-0.25, -0.2) is 0 Å². The van der Waals surface area contributed by atoms with Gasteiger partial charge in [-0.3, -0.25) is 0 Å². The fraction of sp³-hybridized carbons (Fsp3) is 0.600. The van der Waals surface area contributed by atoms with Crippen LogP contribution in [0.5, 0.6) is 5.75 Å². The molecule has 0 fully saturated rings. The molecule has 0 aromatic heterocycles. The molecule has 1 nitrogen and oxygen atoms in total. The van der Waals surface area contributed by atoms with Crippen molar-refractivity contribution < 1.29 is 4.74 Å². The van der Waals surface area contributed by atoms with E-state index in [1.165, 1.54) is 31.2 Å². The molecular formula is C15H26O. The number of methoxy groups -OCH3 is 1. The first-order valence-electron chi connectivity index (χ1n) is 6.41. The number of benzene rings is 1. The van der Waals surface area contributed by atoms with Crippen LogP contribution < -0.4 is 4.74 Å². The maximum absolute atomic E-state index is 5.28. The molecule has 1 aromatic carbocycles. The predicted molar refractivity (Wildman–Crippen MR) is 72.2 cm³/mol. The molecule has 0 spiro atoms. The van der Waals surface area contributed by atoms with Crippen LogP contribution in [0.2, 0.25) is 0 Å². The largest absolute Gasteiger partial charge is 0.496 e. The number of unbranched alkanes of at least 4 members (excludes halogenated alkanes) is 2. The zero-order chi connectivity index (χ0) is 12.2. The molecule has 0 bridgehead atoms. The van der Waals surface area contributed by atoms with Crippen LogP contribution in [-0.4, -0.2) is 7.11 Å². The average Bonchev–Trinajstić information content (AvgIpc) is 2.31. The van der Waals surface area contributed by atoms with Crippen LogP contribution in [0.25, 0.3) is 0 Å². The minimum absolute atomic E-state index is 1.03. The second kappa shape index (κ2) is 10.5. The van der Waals surface area contributed by atoms with Crippen LogP contribution in [0.15, 0.2) is 24.3 Å². The van der Waals surface area contributed by atoms with Gasteiger partial charge in [-0.15, -0.1) is 0 Å². The van der Waals surface area contributed by atoms with E-state index in [0.717, 1.165) is 12.2 Å². The molecule has 1 aromatic rings. The smallest absolute Gasteiger partial charge is 0.122 e. The van der Waals surface area contributed by atoms with Gasteiger partial charge in [0.2, 0.25) is 0 Å². The lowest BCUT2D eigenvalue weighted by Crippen LogP contribution is -1.91. The number of hydrogen-bond acceptors (Lipinski definition) is 1. The van der Waals surface area contributed by atoms with Crippen LogP contribution >= 0.6 is 0 Å². The molecule has 0 N–H and O–H groups in total. The number of ether oxygens (including phenoxy) is 1. The molecule has 0 aliphatic heterocycles. The molecule has 0 aliphatic rings. The van der Waals surface area contributed by atoms with E-state index in [1.807, 2.05) is 12.1 Å². The third-order valence-corrected chi connectivity index (χ3v) is 2.24. The molecule has 0 unspecified atom stereocenters. The van der Waals surface area contributed by atoms with Gasteiger partial charge < -0.3 is 4.74 Å². The highest BCUT2D eigenvalue weighted by atomic mass is 16.5. The molecule has 0 atom stereocenters. The first-order chi connectivity index (χ1) is 7.79. The maximum atomic E-state index is 5.28. The van der Waals surface area contributed by atoms with Crippen LogP contribution in [0.1, 0.15) is 52.0 Å². The van der Waals surface area contributed by atoms with Crippen LogP contribution in [0, 0.1) is 0 Å². The lowest BCUT2D eigenvalue weighted by Gasteiger charge is -2.06. The van der Waals surface area contributed by atoms with Crippen molar-refractivity contribution >= 4 is 0 Å². The van der Waals surface area contributed by atoms with Gasteiger partial charge in [0.1, 0.15) is 5.75 Å². The number of hydrogen-bond donors (Lipinski definition) is 0. The van der Waals surface area contributed by atoms with Crippen molar-refractivity contribution in [3.05, 3.63) is 29.8 Å². The van der Waals surface area contributed by atoms with Gasteiger partial charge in [0.15, 0.2) is 0 Å². The fourth-order valence-corrected chi connectivity index (χ4v) is 1.47. The van der Waals surface area contributed by atoms with E-state index >= 15 is 0 Å². The van der Waals surface area contributed by atoms with Crippen molar-refractivity contribution in [3.8, 4) is 5.75 Å². The van der Waals surface area contributed by atoms with Crippen LogP contribution in [-0.2, 0) is 6.42 Å². The van der Waals surface area contributed by atoms with Crippen LogP contribution in [0.4, 0.5) is 0 Å². The molecule has 0 aliphatic carbocycles. The zero-order valence-electron chi connectivity index (χ0n) is 11.3. The molecule has 0 saturated heterocycles. The SMILES string of the molecule is CCC.CCCCCc1ccccc1OC. The van der Waals surface area contributed by atoms with Crippen LogP contribution in [0.3, 0.4) is 0 Å². The Kier molecular flexibility index (Phi) is 9.89. The summed E-state index contributed by atoms with van der Waals surface area (Å²) in [6, 6.07) is 8.27. The van der Waals surface area contributed by atoms with E-state index in [0.29, 0.717) is 0 Å². The summed E-state index contributed by atoms with van der Waals surface area (Å²) in [7, 11) is 1.73. The Morgan fingerprint density at radius 3 is 2.19 bits per heavy atom. The van der Waals surface area contributed by atoms with Gasteiger partial charge >= 0.3 is 0 Å². The Morgan fingerprint density at radius 1 is 1.00 bits per heavy atom. The predicted octanol–water partition coefficient (Wildman–Crippen LogP) is 4.84. The summed E-state index contributed by atoms with van der Waals surface area (Å²) in [6.07, 6.45) is 6.22. The van der Waals surface area contributed by atoms with E-state index in [4.69, 9.17) is 4.74 Å². The second-order valence-electron chi connectivity index (χ2n) is 3.98. The average molecular weight is 222 g/mol. The summed E-state index contributed by atoms with van der Waals surface area (Å²) < 4.78 is 5.28. The molecule has 16 heavy (non-hydrogen) atoms. The quantitative estimate of drug-likeness (QED) is 0.647. The van der Waals surface area contributed by atoms with E-state index in [9.17, 15) is 0 Å². The van der Waals surface area contributed by atoms with Crippen molar-refractivity contribution in [1.82, 2.24) is 0 Å². The standard InChI is InChI=1S/C12H18O.C3H8/c1-3-4-5-8-11-9-6-7-10-12(11)13-2;1-3-2/h6-7,9-10H,3-5,8H2,1-2H3;3H2,1-2H3. The highest BCUT2D eigenvalue weighted by Gasteiger charge is 1.99. The van der Waals surface area contributed by atoms with Crippen molar-refractivity contribution in [2.24, 2.45) is 0 Å². The van der Waals surface area contributed by atoms with Gasteiger partial charge in [0.25, 0.3) is 0 Å². The summed E-state index contributed by atoms with van der Waals surface area (Å²) in [4.78, 5) is 0. The molecule has 92 valence electrons. The van der Waals surface area contributed by atoms with E-state index in [1.54, 1.807) is 7.11 Å². The normalized spacial score (nSPS) is 9.25. The number of aryl methyl sites for hydroxylation is 1. The second-order valence-corrected chi connectivity index (χ2v) is 3.98. The lowest BCUT2D eigenvalue weighted by atomic mass is 10.1. The van der Waals surface area contributed by atoms with E-state index < -0.39 is 0 Å². The summed E-state index contributed by atoms with van der Waals surface area (Å²) in [5.74, 6) is 1.03. The van der Waals surface area contributed by atoms with Crippen molar-refractivity contribution in [3.63, 3.8) is 0 Å². The third-order valence-electron chi connectivity index (χ3n) is 2.24. The van der Waals surface area contributed by atoms with Gasteiger partial charge in [0, 0.05) is 0 Å². The summed E-state index contributed by atoms with van der Waals surface area (Å²) >= 11 is 0. The molecule has 0 amide bonds. The Morgan fingerprint density at radius 2 is 1.62 bits per heavy atom. The highest BCUT2D eigenvalue weighted by molar-refractivity contribution is 5.33. The Bertz CT molecular complexity index is 255. The van der Waals surface area contributed by atoms with Gasteiger partial charge in [0.05, 0.1) is 7.11 Å². The number of rotatable bonds is 5. The topological polar surface area (TPSA) is 9.23 Å². The first-order valence-corrected chi connectivity index (χ1v) is 6.41. The summed E-state index contributed by atoms with van der Waals surface area (Å²) in [6.45, 7) is 6.47. The minimum Gasteiger partial charge on any atom is -0.496 e. The van der Waals surface area contributed by atoms with E-state index in [2.05, 4.69) is 32.9 Å². The highest BCUT2D eigenvalue weighted by Crippen LogP contribution is 2.19. The van der Waals surface area contributed by atoms with Gasteiger partial charge in [-0.05, 0) is 24.5 Å². The summed E-state index contributed by atoms with van der Waals surface area (Å²) in [5, 5.41) is 0. The Hall–Kier alpha value is -0.980. The number of para-hydroxylation sites is 1. The summed E-state index contributed by atoms with van der Waals surface area (Å²) in [5.41, 5.74) is 1.33. The Labute approximate surface area is 101 Å². The fourth-order valence-electron chi connectivity index (χ4n) is 1.47. The molecule has 0 radical (unpaired) electrons. The maximum Gasteiger partial charge on any atom is 0.122 e. The van der Waals surface area contributed by atoms with Gasteiger partial charge in [-0.2, -0.15) is 0 Å². The van der Waals surface area contributed by atoms with E-state index in [-0.39, 0.29) is 0 Å². The molecule has 0 saturated carbocycles. The molecule has 1 heteroatoms. The van der Waals surface area contributed by atoms with Gasteiger partial charge in [-0.1, -0.05) is 58.2 Å². The minimum atomic E-state index is 1.03. The monoisotopic (exact) mass is 222 g/mol. The Balaban J connectivity index is 0.000000673.